The molecule has 1 heterocycles. The Morgan fingerprint density at radius 2 is 1.96 bits per heavy atom. The van der Waals surface area contributed by atoms with Crippen LogP contribution in [0.2, 0.25) is 0 Å². The van der Waals surface area contributed by atoms with Crippen LogP contribution in [0.5, 0.6) is 11.5 Å². The van der Waals surface area contributed by atoms with Gasteiger partial charge in [0.25, 0.3) is 10.0 Å². The van der Waals surface area contributed by atoms with Crippen molar-refractivity contribution in [1.29, 1.82) is 0 Å². The highest BCUT2D eigenvalue weighted by Crippen LogP contribution is 2.37. The monoisotopic (exact) mass is 333 g/mol. The summed E-state index contributed by atoms with van der Waals surface area (Å²) in [6.07, 6.45) is -0.209. The Bertz CT molecular complexity index is 832. The summed E-state index contributed by atoms with van der Waals surface area (Å²) < 4.78 is 38.5. The molecule has 0 aromatic heterocycles. The molecule has 0 radical (unpaired) electrons. The van der Waals surface area contributed by atoms with Crippen LogP contribution in [-0.4, -0.2) is 28.2 Å². The number of para-hydroxylation sites is 2. The molecular formula is C17H19NO4S. The number of hydrogen-bond acceptors (Lipinski definition) is 4. The number of fused-ring (bicyclic) bond motifs is 1. The summed E-state index contributed by atoms with van der Waals surface area (Å²) in [5.41, 5.74) is 1.35. The summed E-state index contributed by atoms with van der Waals surface area (Å²) in [5.74, 6) is 1.25. The van der Waals surface area contributed by atoms with E-state index in [1.54, 1.807) is 43.5 Å². The zero-order chi connectivity index (χ0) is 16.6. The molecule has 1 aliphatic rings. The minimum atomic E-state index is -3.66. The van der Waals surface area contributed by atoms with E-state index in [-0.39, 0.29) is 17.5 Å². The second-order valence-electron chi connectivity index (χ2n) is 5.56. The Morgan fingerprint density at radius 1 is 1.22 bits per heavy atom. The molecule has 2 aromatic rings. The summed E-state index contributed by atoms with van der Waals surface area (Å²) in [6.45, 7) is 3.97. The second kappa shape index (κ2) is 5.77. The maximum atomic E-state index is 13.1. The quantitative estimate of drug-likeness (QED) is 0.866. The highest BCUT2D eigenvalue weighted by molar-refractivity contribution is 7.92. The Kier molecular flexibility index (Phi) is 3.93. The highest BCUT2D eigenvalue weighted by atomic mass is 32.2. The molecule has 3 rings (SSSR count). The molecule has 5 nitrogen and oxygen atoms in total. The lowest BCUT2D eigenvalue weighted by molar-refractivity contribution is 0.219. The van der Waals surface area contributed by atoms with Gasteiger partial charge in [-0.2, -0.15) is 0 Å². The van der Waals surface area contributed by atoms with Gasteiger partial charge in [0.15, 0.2) is 0 Å². The lowest BCUT2D eigenvalue weighted by Crippen LogP contribution is -2.42. The summed E-state index contributed by atoms with van der Waals surface area (Å²) in [7, 11) is -2.09. The maximum absolute atomic E-state index is 13.1. The molecule has 23 heavy (non-hydrogen) atoms. The summed E-state index contributed by atoms with van der Waals surface area (Å²) in [5, 5.41) is 0. The van der Waals surface area contributed by atoms with Gasteiger partial charge in [-0.25, -0.2) is 8.42 Å². The van der Waals surface area contributed by atoms with Crippen molar-refractivity contribution < 1.29 is 17.9 Å². The third-order valence-corrected chi connectivity index (χ3v) is 5.62. The van der Waals surface area contributed by atoms with Crippen LogP contribution < -0.4 is 13.8 Å². The number of hydrogen-bond donors (Lipinski definition) is 0. The standard InChI is InChI=1S/C17H19NO4S/c1-12-10-14(8-9-16(12)21-3)23(19,20)18-11-13(2)22-17-7-5-4-6-15(17)18/h4-10,13H,11H2,1-3H3. The van der Waals surface area contributed by atoms with Crippen LogP contribution in [0.4, 0.5) is 5.69 Å². The second-order valence-corrected chi connectivity index (χ2v) is 7.43. The van der Waals surface area contributed by atoms with Crippen LogP contribution >= 0.6 is 0 Å². The molecule has 0 bridgehead atoms. The van der Waals surface area contributed by atoms with Gasteiger partial charge in [-0.3, -0.25) is 4.31 Å². The lowest BCUT2D eigenvalue weighted by atomic mass is 10.2. The summed E-state index contributed by atoms with van der Waals surface area (Å²) in [4.78, 5) is 0.250. The van der Waals surface area contributed by atoms with Crippen molar-refractivity contribution in [2.75, 3.05) is 18.0 Å². The van der Waals surface area contributed by atoms with Crippen molar-refractivity contribution in [2.45, 2.75) is 24.8 Å². The van der Waals surface area contributed by atoms with E-state index in [9.17, 15) is 8.42 Å². The van der Waals surface area contributed by atoms with E-state index in [0.29, 0.717) is 17.2 Å². The minimum absolute atomic E-state index is 0.209. The van der Waals surface area contributed by atoms with E-state index in [4.69, 9.17) is 9.47 Å². The fourth-order valence-electron chi connectivity index (χ4n) is 2.71. The van der Waals surface area contributed by atoms with E-state index in [2.05, 4.69) is 0 Å². The molecule has 1 atom stereocenters. The van der Waals surface area contributed by atoms with Gasteiger partial charge in [-0.05, 0) is 49.7 Å². The van der Waals surface area contributed by atoms with Gasteiger partial charge in [-0.15, -0.1) is 0 Å². The van der Waals surface area contributed by atoms with E-state index < -0.39 is 10.0 Å². The number of benzene rings is 2. The van der Waals surface area contributed by atoms with Gasteiger partial charge >= 0.3 is 0 Å². The Labute approximate surface area is 136 Å². The van der Waals surface area contributed by atoms with Gasteiger partial charge in [0, 0.05) is 0 Å². The van der Waals surface area contributed by atoms with Gasteiger partial charge in [0.2, 0.25) is 0 Å². The molecular weight excluding hydrogens is 314 g/mol. The average Bonchev–Trinajstić information content (AvgIpc) is 2.53. The number of aryl methyl sites for hydroxylation is 1. The van der Waals surface area contributed by atoms with Crippen molar-refractivity contribution in [1.82, 2.24) is 0 Å². The molecule has 1 unspecified atom stereocenters. The minimum Gasteiger partial charge on any atom is -0.496 e. The van der Waals surface area contributed by atoms with Crippen molar-refractivity contribution >= 4 is 15.7 Å². The molecule has 1 aliphatic heterocycles. The first-order valence-corrected chi connectivity index (χ1v) is 8.80. The largest absolute Gasteiger partial charge is 0.496 e. The van der Waals surface area contributed by atoms with Gasteiger partial charge in [0.05, 0.1) is 24.2 Å². The number of methoxy groups -OCH3 is 1. The van der Waals surface area contributed by atoms with Gasteiger partial charge < -0.3 is 9.47 Å². The van der Waals surface area contributed by atoms with Crippen LogP contribution in [0, 0.1) is 6.92 Å². The van der Waals surface area contributed by atoms with Crippen molar-refractivity contribution in [2.24, 2.45) is 0 Å². The molecule has 0 saturated carbocycles. The predicted octanol–water partition coefficient (Wildman–Crippen LogP) is 2.98. The van der Waals surface area contributed by atoms with Crippen LogP contribution in [0.25, 0.3) is 0 Å². The predicted molar refractivity (Wildman–Crippen MR) is 88.8 cm³/mol. The third-order valence-electron chi connectivity index (χ3n) is 3.84. The molecule has 6 heteroatoms. The maximum Gasteiger partial charge on any atom is 0.264 e. The summed E-state index contributed by atoms with van der Waals surface area (Å²) in [6, 6.07) is 12.1. The molecule has 0 spiro atoms. The SMILES string of the molecule is COc1ccc(S(=O)(=O)N2CC(C)Oc3ccccc32)cc1C. The van der Waals surface area contributed by atoms with E-state index in [0.717, 1.165) is 5.56 Å². The number of sulfonamides is 1. The number of ether oxygens (including phenoxy) is 2. The first kappa shape index (κ1) is 15.7. The normalized spacial score (nSPS) is 17.3. The lowest BCUT2D eigenvalue weighted by Gasteiger charge is -2.34. The number of nitrogens with zero attached hydrogens (tertiary/aromatic N) is 1. The average molecular weight is 333 g/mol. The Hall–Kier alpha value is -2.21. The van der Waals surface area contributed by atoms with Crippen LogP contribution in [0.15, 0.2) is 47.4 Å². The van der Waals surface area contributed by atoms with E-state index in [1.807, 2.05) is 19.9 Å². The van der Waals surface area contributed by atoms with Crippen molar-refractivity contribution in [3.8, 4) is 11.5 Å². The van der Waals surface area contributed by atoms with E-state index >= 15 is 0 Å². The van der Waals surface area contributed by atoms with Crippen LogP contribution in [-0.2, 0) is 10.0 Å². The fraction of sp³-hybridized carbons (Fsp3) is 0.294. The van der Waals surface area contributed by atoms with Crippen LogP contribution in [0.3, 0.4) is 0 Å². The number of anilines is 1. The van der Waals surface area contributed by atoms with Crippen LogP contribution in [0.1, 0.15) is 12.5 Å². The molecule has 122 valence electrons. The molecule has 0 fully saturated rings. The molecule has 0 aliphatic carbocycles. The zero-order valence-electron chi connectivity index (χ0n) is 13.3. The smallest absolute Gasteiger partial charge is 0.264 e. The topological polar surface area (TPSA) is 55.8 Å². The fourth-order valence-corrected chi connectivity index (χ4v) is 4.35. The first-order valence-electron chi connectivity index (χ1n) is 7.36. The highest BCUT2D eigenvalue weighted by Gasteiger charge is 2.32. The molecule has 2 aromatic carbocycles. The first-order chi connectivity index (χ1) is 10.9. The van der Waals surface area contributed by atoms with Crippen molar-refractivity contribution in [3.05, 3.63) is 48.0 Å². The zero-order valence-corrected chi connectivity index (χ0v) is 14.1. The van der Waals surface area contributed by atoms with E-state index in [1.165, 1.54) is 4.31 Å². The van der Waals surface area contributed by atoms with Gasteiger partial charge in [0.1, 0.15) is 17.6 Å². The number of rotatable bonds is 3. The summed E-state index contributed by atoms with van der Waals surface area (Å²) >= 11 is 0. The molecule has 0 N–H and O–H groups in total. The molecule has 0 saturated heterocycles. The molecule has 0 amide bonds. The van der Waals surface area contributed by atoms with Crippen molar-refractivity contribution in [3.63, 3.8) is 0 Å². The Balaban J connectivity index is 2.08. The third kappa shape index (κ3) is 2.74. The Morgan fingerprint density at radius 3 is 2.65 bits per heavy atom. The van der Waals surface area contributed by atoms with Gasteiger partial charge in [-0.1, -0.05) is 12.1 Å².